The maximum absolute atomic E-state index is 5.02. The van der Waals surface area contributed by atoms with Gasteiger partial charge in [0.05, 0.1) is 13.7 Å². The highest BCUT2D eigenvalue weighted by Gasteiger charge is 2.00. The van der Waals surface area contributed by atoms with E-state index in [2.05, 4.69) is 34.3 Å². The number of methoxy groups -OCH3 is 1. The molecule has 0 fully saturated rings. The first-order valence-electron chi connectivity index (χ1n) is 4.93. The predicted molar refractivity (Wildman–Crippen MR) is 65.0 cm³/mol. The van der Waals surface area contributed by atoms with Gasteiger partial charge in [0, 0.05) is 15.8 Å². The molecule has 0 aromatic carbocycles. The molecule has 1 N–H and O–H groups in total. The number of hydrogen-bond acceptors (Lipinski definition) is 5. The fourth-order valence-corrected chi connectivity index (χ4v) is 2.14. The van der Waals surface area contributed by atoms with Crippen LogP contribution in [0.1, 0.15) is 9.75 Å². The lowest BCUT2D eigenvalue weighted by Crippen LogP contribution is -2.00. The Labute approximate surface area is 98.3 Å². The molecule has 0 radical (unpaired) electrons. The molecule has 0 saturated carbocycles. The van der Waals surface area contributed by atoms with Crippen LogP contribution >= 0.6 is 11.3 Å². The number of nitrogens with one attached hydrogen (secondary N) is 1. The highest BCUT2D eigenvalue weighted by atomic mass is 32.1. The summed E-state index contributed by atoms with van der Waals surface area (Å²) in [5.41, 5.74) is 0. The van der Waals surface area contributed by atoms with Crippen molar-refractivity contribution in [2.45, 2.75) is 13.5 Å². The number of aromatic nitrogens is 2. The second-order valence-corrected chi connectivity index (χ2v) is 4.68. The lowest BCUT2D eigenvalue weighted by atomic mass is 10.4. The van der Waals surface area contributed by atoms with Gasteiger partial charge in [0.25, 0.3) is 0 Å². The Balaban J connectivity index is 1.99. The van der Waals surface area contributed by atoms with E-state index >= 15 is 0 Å². The molecule has 0 amide bonds. The Morgan fingerprint density at radius 2 is 2.25 bits per heavy atom. The molecule has 2 heterocycles. The first-order chi connectivity index (χ1) is 7.78. The van der Waals surface area contributed by atoms with Crippen molar-refractivity contribution < 1.29 is 4.74 Å². The highest BCUT2D eigenvalue weighted by molar-refractivity contribution is 7.11. The van der Waals surface area contributed by atoms with E-state index in [1.807, 2.05) is 0 Å². The number of thiophene rings is 1. The van der Waals surface area contributed by atoms with Crippen molar-refractivity contribution in [2.24, 2.45) is 0 Å². The van der Waals surface area contributed by atoms with Gasteiger partial charge in [-0.2, -0.15) is 0 Å². The van der Waals surface area contributed by atoms with Crippen molar-refractivity contribution in [1.29, 1.82) is 0 Å². The minimum atomic E-state index is 0.569. The van der Waals surface area contributed by atoms with Gasteiger partial charge >= 0.3 is 0 Å². The second kappa shape index (κ2) is 4.94. The van der Waals surface area contributed by atoms with Crippen LogP contribution in [-0.4, -0.2) is 17.1 Å². The van der Waals surface area contributed by atoms with E-state index in [0.29, 0.717) is 5.88 Å². The van der Waals surface area contributed by atoms with E-state index in [1.54, 1.807) is 24.5 Å². The van der Waals surface area contributed by atoms with Gasteiger partial charge in [-0.05, 0) is 19.1 Å². The van der Waals surface area contributed by atoms with Crippen LogP contribution in [0.5, 0.6) is 5.88 Å². The Bertz CT molecular complexity index is 470. The fraction of sp³-hybridized carbons (Fsp3) is 0.273. The Kier molecular flexibility index (Phi) is 3.36. The van der Waals surface area contributed by atoms with Gasteiger partial charge in [-0.25, -0.2) is 9.97 Å². The minimum absolute atomic E-state index is 0.569. The molecule has 84 valence electrons. The average Bonchev–Trinajstić information content (AvgIpc) is 2.73. The first kappa shape index (κ1) is 10.9. The van der Waals surface area contributed by atoms with Crippen LogP contribution in [0.15, 0.2) is 24.5 Å². The lowest BCUT2D eigenvalue weighted by Gasteiger charge is -2.04. The van der Waals surface area contributed by atoms with Crippen molar-refractivity contribution in [1.82, 2.24) is 9.97 Å². The van der Waals surface area contributed by atoms with E-state index in [-0.39, 0.29) is 0 Å². The van der Waals surface area contributed by atoms with E-state index in [1.165, 1.54) is 16.1 Å². The van der Waals surface area contributed by atoms with Crippen molar-refractivity contribution >= 4 is 17.2 Å². The molecule has 2 rings (SSSR count). The quantitative estimate of drug-likeness (QED) is 0.884. The third-order valence-corrected chi connectivity index (χ3v) is 3.09. The van der Waals surface area contributed by atoms with E-state index in [9.17, 15) is 0 Å². The number of hydrogen-bond donors (Lipinski definition) is 1. The van der Waals surface area contributed by atoms with Crippen molar-refractivity contribution in [3.63, 3.8) is 0 Å². The molecule has 2 aromatic heterocycles. The van der Waals surface area contributed by atoms with Gasteiger partial charge in [-0.3, -0.25) is 0 Å². The smallest absolute Gasteiger partial charge is 0.218 e. The van der Waals surface area contributed by atoms with Crippen LogP contribution in [-0.2, 0) is 6.54 Å². The number of ether oxygens (including phenoxy) is 1. The normalized spacial score (nSPS) is 10.1. The summed E-state index contributed by atoms with van der Waals surface area (Å²) in [5.74, 6) is 1.35. The third-order valence-electron chi connectivity index (χ3n) is 2.09. The molecule has 0 atom stereocenters. The summed E-state index contributed by atoms with van der Waals surface area (Å²) in [6.07, 6.45) is 1.49. The minimum Gasteiger partial charge on any atom is -0.481 e. The molecule has 0 aliphatic rings. The van der Waals surface area contributed by atoms with Gasteiger partial charge in [-0.15, -0.1) is 11.3 Å². The summed E-state index contributed by atoms with van der Waals surface area (Å²) < 4.78 is 5.02. The van der Waals surface area contributed by atoms with Crippen LogP contribution in [0.25, 0.3) is 0 Å². The summed E-state index contributed by atoms with van der Waals surface area (Å²) >= 11 is 1.78. The monoisotopic (exact) mass is 235 g/mol. The molecule has 4 nitrogen and oxygen atoms in total. The Morgan fingerprint density at radius 1 is 1.38 bits per heavy atom. The molecule has 5 heteroatoms. The first-order valence-corrected chi connectivity index (χ1v) is 5.75. The zero-order chi connectivity index (χ0) is 11.4. The molecule has 0 aliphatic heterocycles. The van der Waals surface area contributed by atoms with Crippen molar-refractivity contribution in [3.05, 3.63) is 34.3 Å². The molecule has 2 aromatic rings. The van der Waals surface area contributed by atoms with Crippen LogP contribution in [0, 0.1) is 6.92 Å². The largest absolute Gasteiger partial charge is 0.481 e. The van der Waals surface area contributed by atoms with Gasteiger partial charge in [0.2, 0.25) is 5.88 Å². The lowest BCUT2D eigenvalue weighted by molar-refractivity contribution is 0.397. The molecule has 16 heavy (non-hydrogen) atoms. The zero-order valence-electron chi connectivity index (χ0n) is 9.23. The zero-order valence-corrected chi connectivity index (χ0v) is 10.0. The Hall–Kier alpha value is -1.62. The summed E-state index contributed by atoms with van der Waals surface area (Å²) in [5, 5.41) is 3.23. The van der Waals surface area contributed by atoms with Gasteiger partial charge in [-0.1, -0.05) is 0 Å². The summed E-state index contributed by atoms with van der Waals surface area (Å²) in [7, 11) is 1.59. The highest BCUT2D eigenvalue weighted by Crippen LogP contribution is 2.17. The molecule has 0 unspecified atom stereocenters. The van der Waals surface area contributed by atoms with Gasteiger partial charge < -0.3 is 10.1 Å². The maximum atomic E-state index is 5.02. The maximum Gasteiger partial charge on any atom is 0.218 e. The molecule has 0 spiro atoms. The van der Waals surface area contributed by atoms with Crippen LogP contribution < -0.4 is 10.1 Å². The summed E-state index contributed by atoms with van der Waals surface area (Å²) in [6.45, 7) is 2.88. The topological polar surface area (TPSA) is 47.0 Å². The summed E-state index contributed by atoms with van der Waals surface area (Å²) in [6, 6.07) is 6.01. The average molecular weight is 235 g/mol. The predicted octanol–water partition coefficient (Wildman–Crippen LogP) is 2.47. The van der Waals surface area contributed by atoms with E-state index in [4.69, 9.17) is 4.74 Å². The molecule has 0 aliphatic carbocycles. The second-order valence-electron chi connectivity index (χ2n) is 3.31. The van der Waals surface area contributed by atoms with Crippen LogP contribution in [0.2, 0.25) is 0 Å². The molecule has 0 saturated heterocycles. The molecule has 0 bridgehead atoms. The van der Waals surface area contributed by atoms with Crippen LogP contribution in [0.4, 0.5) is 5.82 Å². The Morgan fingerprint density at radius 3 is 2.94 bits per heavy atom. The molecular weight excluding hydrogens is 222 g/mol. The number of aryl methyl sites for hydroxylation is 1. The van der Waals surface area contributed by atoms with Gasteiger partial charge in [0.1, 0.15) is 12.1 Å². The third kappa shape index (κ3) is 2.70. The van der Waals surface area contributed by atoms with Crippen LogP contribution in [0.3, 0.4) is 0 Å². The standard InChI is InChI=1S/C11H13N3OS/c1-8-3-4-9(16-8)6-12-10-5-11(15-2)14-7-13-10/h3-5,7H,6H2,1-2H3,(H,12,13,14). The fourth-order valence-electron chi connectivity index (χ4n) is 1.31. The van der Waals surface area contributed by atoms with E-state index in [0.717, 1.165) is 12.4 Å². The van der Waals surface area contributed by atoms with Crippen molar-refractivity contribution in [3.8, 4) is 5.88 Å². The SMILES string of the molecule is COc1cc(NCc2ccc(C)s2)ncn1. The van der Waals surface area contributed by atoms with Crippen molar-refractivity contribution in [2.75, 3.05) is 12.4 Å². The van der Waals surface area contributed by atoms with Gasteiger partial charge in [0.15, 0.2) is 0 Å². The number of rotatable bonds is 4. The number of anilines is 1. The number of nitrogens with zero attached hydrogens (tertiary/aromatic N) is 2. The molecular formula is C11H13N3OS. The van der Waals surface area contributed by atoms with E-state index < -0.39 is 0 Å². The summed E-state index contributed by atoms with van der Waals surface area (Å²) in [4.78, 5) is 10.7.